The number of rotatable bonds is 11. The number of para-hydroxylation sites is 3. The quantitative estimate of drug-likeness (QED) is 0.0527. The molecule has 3 saturated heterocycles. The maximum atomic E-state index is 11.4. The zero-order valence-corrected chi connectivity index (χ0v) is 51.9. The lowest BCUT2D eigenvalue weighted by Crippen LogP contribution is -2.46. The number of aromatic nitrogens is 3. The van der Waals surface area contributed by atoms with Crippen LogP contribution in [0.25, 0.3) is 60.2 Å². The van der Waals surface area contributed by atoms with Crippen molar-refractivity contribution < 1.29 is 33.6 Å². The number of nitrogens with one attached hydrogen (secondary N) is 1. The number of nitriles is 3. The lowest BCUT2D eigenvalue weighted by atomic mass is 9.67. The molecule has 21 nitrogen and oxygen atoms in total. The van der Waals surface area contributed by atoms with E-state index in [1.807, 2.05) is 14.7 Å². The summed E-state index contributed by atoms with van der Waals surface area (Å²) in [6.45, 7) is 19.0. The first-order valence-electron chi connectivity index (χ1n) is 30.5. The van der Waals surface area contributed by atoms with E-state index in [9.17, 15) is 20.6 Å². The lowest BCUT2D eigenvalue weighted by molar-refractivity contribution is -0.193. The van der Waals surface area contributed by atoms with Gasteiger partial charge in [-0.1, -0.05) is 98.7 Å². The average Bonchev–Trinajstić information content (AvgIpc) is 1.66. The molecule has 3 aromatic heterocycles. The van der Waals surface area contributed by atoms with Crippen molar-refractivity contribution in [1.82, 2.24) is 33.7 Å². The van der Waals surface area contributed by atoms with E-state index >= 15 is 0 Å². The Labute approximate surface area is 518 Å². The van der Waals surface area contributed by atoms with Crippen LogP contribution in [0.5, 0.6) is 0 Å². The lowest BCUT2D eigenvalue weighted by Gasteiger charge is -2.49. The second-order valence-corrected chi connectivity index (χ2v) is 23.4. The molecule has 12 rings (SSSR count). The van der Waals surface area contributed by atoms with Crippen molar-refractivity contribution in [3.05, 3.63) is 135 Å². The van der Waals surface area contributed by atoms with Crippen LogP contribution in [-0.4, -0.2) is 92.0 Å². The van der Waals surface area contributed by atoms with E-state index in [2.05, 4.69) is 180 Å². The van der Waals surface area contributed by atoms with E-state index in [-0.39, 0.29) is 58.7 Å². The van der Waals surface area contributed by atoms with Crippen LogP contribution in [0, 0.1) is 50.6 Å². The molecule has 9 heterocycles. The van der Waals surface area contributed by atoms with Crippen LogP contribution in [0.2, 0.25) is 0 Å². The number of hydrogen-bond donors (Lipinski definition) is 2. The Kier molecular flexibility index (Phi) is 22.3. The molecule has 3 N–H and O–H groups in total. The zero-order valence-electron chi connectivity index (χ0n) is 51.9. The number of carbonyl (C=O) groups is 1. The Balaban J connectivity index is 0.000000178. The molecule has 0 aliphatic carbocycles. The molecule has 1 amide bonds. The summed E-state index contributed by atoms with van der Waals surface area (Å²) in [5, 5.41) is 40.1. The zero-order chi connectivity index (χ0) is 64.6. The highest BCUT2D eigenvalue weighted by Crippen LogP contribution is 2.58. The van der Waals surface area contributed by atoms with Gasteiger partial charge in [-0.3, -0.25) is 4.79 Å². The van der Waals surface area contributed by atoms with Crippen molar-refractivity contribution in [2.45, 2.75) is 144 Å². The Morgan fingerprint density at radius 3 is 1.18 bits per heavy atom. The Morgan fingerprint density at radius 2 is 0.888 bits per heavy atom. The van der Waals surface area contributed by atoms with Crippen molar-refractivity contribution in [1.29, 1.82) is 15.8 Å². The summed E-state index contributed by atoms with van der Waals surface area (Å²) >= 11 is 0. The van der Waals surface area contributed by atoms with E-state index in [0.717, 1.165) is 90.3 Å². The number of nitrogens with two attached hydrogens (primary N) is 1. The van der Waals surface area contributed by atoms with Crippen molar-refractivity contribution in [3.8, 4) is 18.6 Å². The van der Waals surface area contributed by atoms with Crippen molar-refractivity contribution in [3.63, 3.8) is 0 Å². The van der Waals surface area contributed by atoms with Crippen molar-refractivity contribution in [2.75, 3.05) is 39.3 Å². The third-order valence-corrected chi connectivity index (χ3v) is 19.1. The largest absolute Gasteiger partial charge is 0.373 e. The van der Waals surface area contributed by atoms with Gasteiger partial charge in [0.05, 0.1) is 51.8 Å². The van der Waals surface area contributed by atoms with Gasteiger partial charge in [0.1, 0.15) is 0 Å². The van der Waals surface area contributed by atoms with E-state index in [4.69, 9.17) is 40.0 Å². The number of piperidine rings is 3. The number of amides is 1. The highest BCUT2D eigenvalue weighted by molar-refractivity contribution is 5.92. The first-order valence-corrected chi connectivity index (χ1v) is 30.5. The highest BCUT2D eigenvalue weighted by atomic mass is 16.2. The standard InChI is InChI=1S/C23H28N4O.C21H24N6.C21H26N4.3CO2/c1-4-23-11-7-13-26(15-24)22(23)21-19(10-12-25-17(3)28)18-8-5-6-9-20(18)27(21)16(2)14-23;1-3-21-10-6-12-26(14-22)20(21)19-17(9-11-24-25-23)16-7-4-5-8-18(16)27(19)15(2)13-21;1-3-21-10-6-12-24(14-23)20(21)19-17(9-11-22)16-7-4-5-8-18(16)25(19)15(2)13-21;3*2-1-3/h5-6,8-9,14,22H,4,7,10-13H2,1-3H3,(H,25,28);4-5,7-8,13,20H,3,6,9-12H2,1-2H3;4-5,7-8,13,20H,3,6,9-12,22H2,1-2H3;;;/t22-,23+;2*20-,21+;;;/m111.../s1. The van der Waals surface area contributed by atoms with Crippen LogP contribution in [-0.2, 0) is 52.8 Å². The molecular formula is C68H78N14O7. The monoisotopic (exact) mass is 1200 g/mol. The molecule has 21 heteroatoms. The number of hydrogen-bond acceptors (Lipinski definition) is 15. The fraction of sp³-hybridized carbons (Fsp3) is 0.456. The smallest absolute Gasteiger partial charge is 0.356 e. The molecule has 3 fully saturated rings. The topological polar surface area (TPSA) is 302 Å². The predicted octanol–water partition coefficient (Wildman–Crippen LogP) is 11.9. The van der Waals surface area contributed by atoms with Gasteiger partial charge in [0.2, 0.25) is 5.91 Å². The summed E-state index contributed by atoms with van der Waals surface area (Å²) in [4.78, 5) is 69.1. The molecule has 6 aromatic rings. The van der Waals surface area contributed by atoms with Crippen molar-refractivity contribution >= 4 is 74.2 Å². The maximum absolute atomic E-state index is 11.4. The molecule has 0 bridgehead atoms. The number of fused-ring (bicyclic) bond motifs is 15. The molecule has 0 unspecified atom stereocenters. The fourth-order valence-electron chi connectivity index (χ4n) is 15.8. The first kappa shape index (κ1) is 66.8. The molecule has 0 saturated carbocycles. The minimum absolute atomic E-state index is 0.00678. The van der Waals surface area contributed by atoms with E-state index < -0.39 is 0 Å². The number of carbonyl (C=O) groups excluding carboxylic acids is 7. The van der Waals surface area contributed by atoms with E-state index in [0.29, 0.717) is 26.1 Å². The third kappa shape index (κ3) is 12.6. The van der Waals surface area contributed by atoms with Crippen LogP contribution in [0.4, 0.5) is 0 Å². The summed E-state index contributed by atoms with van der Waals surface area (Å²) in [6.07, 6.45) is 27.3. The molecule has 3 aromatic carbocycles. The average molecular weight is 1200 g/mol. The number of azide groups is 1. The number of likely N-dealkylation sites (tertiary alicyclic amines) is 3. The van der Waals surface area contributed by atoms with Crippen LogP contribution in [0.3, 0.4) is 0 Å². The van der Waals surface area contributed by atoms with Crippen LogP contribution in [0.1, 0.15) is 158 Å². The molecule has 6 atom stereocenters. The highest BCUT2D eigenvalue weighted by Gasteiger charge is 2.51. The van der Waals surface area contributed by atoms with Gasteiger partial charge in [0, 0.05) is 94.1 Å². The van der Waals surface area contributed by atoms with E-state index in [1.165, 1.54) is 83.6 Å². The van der Waals surface area contributed by atoms with Crippen LogP contribution in [0.15, 0.2) is 96.1 Å². The fourth-order valence-corrected chi connectivity index (χ4v) is 15.8. The van der Waals surface area contributed by atoms with Crippen molar-refractivity contribution in [2.24, 2.45) is 27.1 Å². The molecule has 89 heavy (non-hydrogen) atoms. The van der Waals surface area contributed by atoms with Crippen LogP contribution >= 0.6 is 0 Å². The second-order valence-electron chi connectivity index (χ2n) is 23.4. The molecule has 0 spiro atoms. The van der Waals surface area contributed by atoms with Gasteiger partial charge >= 0.3 is 18.5 Å². The summed E-state index contributed by atoms with van der Waals surface area (Å²) in [5.74, 6) is -0.00678. The Hall–Kier alpha value is -9.75. The maximum Gasteiger partial charge on any atom is 0.373 e. The SMILES string of the molecule is CC[C@]12C=C(C)n3c(c(CCN)c4ccccc43)[C@H]1N(C#N)CCC2.CC[C@]12C=C(C)n3c(c(CCN=[N+]=[N-])c4ccccc43)[C@H]1N(C#N)CCC2.CC[C@]12C=C(C)n3c(c(CCNC(C)=O)c4ccccc43)[C@H]1N(C#N)CCC2.O=C=O.O=C=O.O=C=O. The molecule has 6 aliphatic rings. The van der Waals surface area contributed by atoms with Gasteiger partial charge in [-0.25, -0.2) is 0 Å². The molecule has 0 radical (unpaired) electrons. The summed E-state index contributed by atoms with van der Waals surface area (Å²) in [5.41, 5.74) is 29.7. The molecular weight excluding hydrogens is 1120 g/mol. The Bertz CT molecular complexity index is 3940. The van der Waals surface area contributed by atoms with Crippen LogP contribution < -0.4 is 11.1 Å². The van der Waals surface area contributed by atoms with Gasteiger partial charge < -0.3 is 39.5 Å². The minimum Gasteiger partial charge on any atom is -0.356 e. The van der Waals surface area contributed by atoms with E-state index in [1.54, 1.807) is 6.92 Å². The Morgan fingerprint density at radius 1 is 0.573 bits per heavy atom. The van der Waals surface area contributed by atoms with Gasteiger partial charge in [0.15, 0.2) is 18.6 Å². The van der Waals surface area contributed by atoms with Gasteiger partial charge in [-0.15, -0.1) is 0 Å². The first-order chi connectivity index (χ1) is 43.1. The molecule has 6 aliphatic heterocycles. The minimum atomic E-state index is -0.0182. The number of nitrogens with zero attached hydrogens (tertiary/aromatic N) is 12. The second kappa shape index (κ2) is 29.8. The third-order valence-electron chi connectivity index (χ3n) is 19.1. The van der Waals surface area contributed by atoms with Gasteiger partial charge in [0.25, 0.3) is 0 Å². The summed E-state index contributed by atoms with van der Waals surface area (Å²) in [7, 11) is 0. The number of allylic oxidation sites excluding steroid dienone is 3. The molecule has 462 valence electrons. The van der Waals surface area contributed by atoms with Gasteiger partial charge in [-0.05, 0) is 145 Å². The predicted molar refractivity (Wildman–Crippen MR) is 335 cm³/mol. The number of benzene rings is 3. The van der Waals surface area contributed by atoms with Gasteiger partial charge in [-0.2, -0.15) is 44.6 Å². The normalized spacial score (nSPS) is 22.0. The summed E-state index contributed by atoms with van der Waals surface area (Å²) < 4.78 is 7.07. The summed E-state index contributed by atoms with van der Waals surface area (Å²) in [6, 6.07) is 25.7.